The van der Waals surface area contributed by atoms with E-state index in [1.807, 2.05) is 0 Å². The minimum Gasteiger partial charge on any atom is -0.299 e. The van der Waals surface area contributed by atoms with E-state index in [-0.39, 0.29) is 16.6 Å². The first-order chi connectivity index (χ1) is 13.3. The van der Waals surface area contributed by atoms with Crippen LogP contribution in [0.2, 0.25) is 0 Å². The van der Waals surface area contributed by atoms with Crippen molar-refractivity contribution in [1.82, 2.24) is 9.29 Å². The smallest absolute Gasteiger partial charge is 0.243 e. The van der Waals surface area contributed by atoms with E-state index in [2.05, 4.69) is 36.8 Å². The van der Waals surface area contributed by atoms with Crippen molar-refractivity contribution < 1.29 is 17.6 Å². The molecule has 2 heterocycles. The largest absolute Gasteiger partial charge is 0.299 e. The van der Waals surface area contributed by atoms with E-state index in [4.69, 9.17) is 0 Å². The lowest BCUT2D eigenvalue weighted by Crippen LogP contribution is -2.40. The third kappa shape index (κ3) is 5.25. The first-order valence-electron chi connectivity index (χ1n) is 8.85. The number of aryl methyl sites for hydroxylation is 1. The van der Waals surface area contributed by atoms with Gasteiger partial charge in [0.05, 0.1) is 11.1 Å². The Morgan fingerprint density at radius 2 is 1.79 bits per heavy atom. The fourth-order valence-electron chi connectivity index (χ4n) is 3.25. The summed E-state index contributed by atoms with van der Waals surface area (Å²) in [6.45, 7) is 0.634. The maximum absolute atomic E-state index is 12.9. The Kier molecular flexibility index (Phi) is 7.01. The highest BCUT2D eigenvalue weighted by molar-refractivity contribution is 9.11. The topological polar surface area (TPSA) is 67.3 Å². The van der Waals surface area contributed by atoms with Crippen LogP contribution in [-0.2, 0) is 21.2 Å². The predicted octanol–water partition coefficient (Wildman–Crippen LogP) is 4.35. The molecule has 0 saturated carbocycles. The second-order valence-electron chi connectivity index (χ2n) is 6.72. The summed E-state index contributed by atoms with van der Waals surface area (Å²) in [5, 5.41) is 0. The maximum atomic E-state index is 12.9. The van der Waals surface area contributed by atoms with Gasteiger partial charge in [0.1, 0.15) is 11.6 Å². The molecule has 0 bridgehead atoms. The van der Waals surface area contributed by atoms with Crippen LogP contribution in [0.25, 0.3) is 0 Å². The molecule has 0 radical (unpaired) electrons. The fraction of sp³-hybridized carbons (Fsp3) is 0.368. The van der Waals surface area contributed by atoms with Gasteiger partial charge < -0.3 is 0 Å². The molecular formula is C19H19Br2FN2O3S. The van der Waals surface area contributed by atoms with Gasteiger partial charge in [-0.25, -0.2) is 12.8 Å². The fourth-order valence-corrected chi connectivity index (χ4v) is 6.39. The van der Waals surface area contributed by atoms with Gasteiger partial charge in [-0.2, -0.15) is 4.31 Å². The summed E-state index contributed by atoms with van der Waals surface area (Å²) in [5.74, 6) is -0.448. The summed E-state index contributed by atoms with van der Waals surface area (Å²) < 4.78 is 41.4. The lowest BCUT2D eigenvalue weighted by molar-refractivity contribution is -0.123. The van der Waals surface area contributed by atoms with Gasteiger partial charge in [-0.1, -0.05) is 31.9 Å². The Hall–Kier alpha value is -1.16. The van der Waals surface area contributed by atoms with Gasteiger partial charge in [0.25, 0.3) is 0 Å². The van der Waals surface area contributed by atoms with Gasteiger partial charge in [0.15, 0.2) is 0 Å². The molecule has 150 valence electrons. The molecule has 1 aliphatic rings. The van der Waals surface area contributed by atoms with Gasteiger partial charge in [0.2, 0.25) is 10.0 Å². The highest BCUT2D eigenvalue weighted by Gasteiger charge is 2.32. The van der Waals surface area contributed by atoms with E-state index in [1.165, 1.54) is 10.4 Å². The number of pyridine rings is 1. The van der Waals surface area contributed by atoms with Crippen molar-refractivity contribution in [2.45, 2.75) is 30.6 Å². The number of benzene rings is 1. The Bertz CT molecular complexity index is 939. The SMILES string of the molecule is O=C(CCc1ccc(F)cn1)C1CCN(S(=O)(=O)c2cc(Br)cc(Br)c2)CC1. The second kappa shape index (κ2) is 9.11. The van der Waals surface area contributed by atoms with Crippen LogP contribution in [0.15, 0.2) is 50.4 Å². The van der Waals surface area contributed by atoms with Crippen LogP contribution < -0.4 is 0 Å². The summed E-state index contributed by atoms with van der Waals surface area (Å²) in [6.07, 6.45) is 2.94. The number of ketones is 1. The number of carbonyl (C=O) groups is 1. The molecule has 0 atom stereocenters. The van der Waals surface area contributed by atoms with Gasteiger partial charge in [0, 0.05) is 40.1 Å². The van der Waals surface area contributed by atoms with Crippen molar-refractivity contribution in [3.63, 3.8) is 0 Å². The third-order valence-corrected chi connectivity index (χ3v) is 7.59. The number of rotatable bonds is 6. The van der Waals surface area contributed by atoms with E-state index in [0.29, 0.717) is 53.4 Å². The average molecular weight is 534 g/mol. The number of aromatic nitrogens is 1. The molecule has 0 aliphatic carbocycles. The Morgan fingerprint density at radius 1 is 1.14 bits per heavy atom. The van der Waals surface area contributed by atoms with Crippen LogP contribution >= 0.6 is 31.9 Å². The first kappa shape index (κ1) is 21.5. The number of hydrogen-bond acceptors (Lipinski definition) is 4. The van der Waals surface area contributed by atoms with Crippen LogP contribution in [0.3, 0.4) is 0 Å². The van der Waals surface area contributed by atoms with Crippen molar-refractivity contribution in [3.05, 3.63) is 57.0 Å². The zero-order valence-electron chi connectivity index (χ0n) is 14.9. The molecule has 1 aromatic carbocycles. The molecule has 0 spiro atoms. The van der Waals surface area contributed by atoms with Crippen LogP contribution in [0.4, 0.5) is 4.39 Å². The number of halogens is 3. The number of nitrogens with zero attached hydrogens (tertiary/aromatic N) is 2. The molecule has 28 heavy (non-hydrogen) atoms. The lowest BCUT2D eigenvalue weighted by Gasteiger charge is -2.30. The molecule has 0 N–H and O–H groups in total. The van der Waals surface area contributed by atoms with Gasteiger partial charge in [-0.05, 0) is 49.6 Å². The quantitative estimate of drug-likeness (QED) is 0.553. The predicted molar refractivity (Wildman–Crippen MR) is 111 cm³/mol. The summed E-state index contributed by atoms with van der Waals surface area (Å²) in [4.78, 5) is 16.7. The number of carbonyl (C=O) groups excluding carboxylic acids is 1. The summed E-state index contributed by atoms with van der Waals surface area (Å²) in [6, 6.07) is 7.84. The van der Waals surface area contributed by atoms with Crippen LogP contribution in [0, 0.1) is 11.7 Å². The number of Topliss-reactive ketones (excluding diaryl/α,β-unsaturated/α-hetero) is 1. The summed E-state index contributed by atoms with van der Waals surface area (Å²) in [5.41, 5.74) is 0.676. The molecule has 0 unspecified atom stereocenters. The number of hydrogen-bond donors (Lipinski definition) is 0. The minimum absolute atomic E-state index is 0.105. The minimum atomic E-state index is -3.60. The van der Waals surface area contributed by atoms with E-state index in [1.54, 1.807) is 24.3 Å². The normalized spacial score (nSPS) is 16.2. The molecule has 1 fully saturated rings. The first-order valence-corrected chi connectivity index (χ1v) is 11.9. The molecule has 1 saturated heterocycles. The van der Waals surface area contributed by atoms with Gasteiger partial charge in [-0.15, -0.1) is 0 Å². The standard InChI is InChI=1S/C19H19Br2FN2O3S/c20-14-9-15(21)11-18(10-14)28(26,27)24-7-5-13(6-8-24)19(25)4-3-17-2-1-16(22)12-23-17/h1-2,9-13H,3-8H2. The Labute approximate surface area is 180 Å². The lowest BCUT2D eigenvalue weighted by atomic mass is 9.91. The van der Waals surface area contributed by atoms with Crippen molar-refractivity contribution in [1.29, 1.82) is 0 Å². The molecule has 9 heteroatoms. The van der Waals surface area contributed by atoms with E-state index in [0.717, 1.165) is 6.20 Å². The maximum Gasteiger partial charge on any atom is 0.243 e. The highest BCUT2D eigenvalue weighted by Crippen LogP contribution is 2.29. The number of sulfonamides is 1. The monoisotopic (exact) mass is 532 g/mol. The van der Waals surface area contributed by atoms with Crippen molar-refractivity contribution in [3.8, 4) is 0 Å². The summed E-state index contributed by atoms with van der Waals surface area (Å²) >= 11 is 6.63. The molecule has 0 amide bonds. The summed E-state index contributed by atoms with van der Waals surface area (Å²) in [7, 11) is -3.60. The second-order valence-corrected chi connectivity index (χ2v) is 10.5. The van der Waals surface area contributed by atoms with E-state index >= 15 is 0 Å². The Balaban J connectivity index is 1.57. The van der Waals surface area contributed by atoms with Gasteiger partial charge in [-0.3, -0.25) is 9.78 Å². The Morgan fingerprint density at radius 3 is 2.36 bits per heavy atom. The molecule has 5 nitrogen and oxygen atoms in total. The average Bonchev–Trinajstić information content (AvgIpc) is 2.66. The molecule has 1 aliphatic heterocycles. The number of piperidine rings is 1. The van der Waals surface area contributed by atoms with Crippen molar-refractivity contribution in [2.75, 3.05) is 13.1 Å². The third-order valence-electron chi connectivity index (χ3n) is 4.80. The van der Waals surface area contributed by atoms with Crippen molar-refractivity contribution in [2.24, 2.45) is 5.92 Å². The van der Waals surface area contributed by atoms with Crippen LogP contribution in [0.1, 0.15) is 25.0 Å². The van der Waals surface area contributed by atoms with Gasteiger partial charge >= 0.3 is 0 Å². The molecule has 3 rings (SSSR count). The highest BCUT2D eigenvalue weighted by atomic mass is 79.9. The molecule has 1 aromatic heterocycles. The van der Waals surface area contributed by atoms with Crippen LogP contribution in [0.5, 0.6) is 0 Å². The van der Waals surface area contributed by atoms with E-state index in [9.17, 15) is 17.6 Å². The zero-order chi connectivity index (χ0) is 20.3. The zero-order valence-corrected chi connectivity index (χ0v) is 18.9. The van der Waals surface area contributed by atoms with E-state index < -0.39 is 15.8 Å². The molecular weight excluding hydrogens is 515 g/mol. The molecule has 2 aromatic rings. The van der Waals surface area contributed by atoms with Crippen molar-refractivity contribution >= 4 is 47.7 Å². The van der Waals surface area contributed by atoms with Crippen LogP contribution in [-0.4, -0.2) is 36.6 Å².